The van der Waals surface area contributed by atoms with E-state index in [1.165, 1.54) is 15.6 Å². The number of nitrogens with zero attached hydrogens (tertiary/aromatic N) is 3. The molecule has 1 aliphatic rings. The summed E-state index contributed by atoms with van der Waals surface area (Å²) in [4.78, 5) is 13.5. The molecule has 2 aromatic heterocycles. The highest BCUT2D eigenvalue weighted by Crippen LogP contribution is 2.41. The molecule has 3 heterocycles. The van der Waals surface area contributed by atoms with Crippen LogP contribution >= 0.6 is 11.3 Å². The van der Waals surface area contributed by atoms with Crippen LogP contribution in [0, 0.1) is 6.92 Å². The average molecular weight is 447 g/mol. The molecular weight excluding hydrogens is 420 g/mol. The molecule has 1 aromatic carbocycles. The van der Waals surface area contributed by atoms with Crippen molar-refractivity contribution in [3.63, 3.8) is 0 Å². The predicted molar refractivity (Wildman–Crippen MR) is 119 cm³/mol. The summed E-state index contributed by atoms with van der Waals surface area (Å²) in [5.41, 5.74) is 1.49. The van der Waals surface area contributed by atoms with Crippen molar-refractivity contribution >= 4 is 37.4 Å². The quantitative estimate of drug-likeness (QED) is 0.629. The van der Waals surface area contributed by atoms with Crippen LogP contribution in [-0.4, -0.2) is 48.5 Å². The summed E-state index contributed by atoms with van der Waals surface area (Å²) in [6.45, 7) is 5.26. The molecule has 1 amide bonds. The van der Waals surface area contributed by atoms with Gasteiger partial charge < -0.3 is 5.32 Å². The Morgan fingerprint density at radius 3 is 2.83 bits per heavy atom. The van der Waals surface area contributed by atoms with Crippen molar-refractivity contribution < 1.29 is 13.2 Å². The van der Waals surface area contributed by atoms with Crippen molar-refractivity contribution in [3.8, 4) is 0 Å². The lowest BCUT2D eigenvalue weighted by molar-refractivity contribution is 0.0966. The number of hydrogen-bond donors (Lipinski definition) is 1. The van der Waals surface area contributed by atoms with Gasteiger partial charge in [0.25, 0.3) is 5.91 Å². The van der Waals surface area contributed by atoms with Crippen molar-refractivity contribution in [2.24, 2.45) is 0 Å². The summed E-state index contributed by atoms with van der Waals surface area (Å²) in [7, 11) is -2.01. The van der Waals surface area contributed by atoms with Crippen molar-refractivity contribution in [2.45, 2.75) is 44.0 Å². The molecule has 0 radical (unpaired) electrons. The smallest absolute Gasteiger partial charge is 0.261 e. The van der Waals surface area contributed by atoms with Gasteiger partial charge in [0.05, 0.1) is 10.6 Å². The van der Waals surface area contributed by atoms with Crippen LogP contribution in [0.3, 0.4) is 0 Å². The summed E-state index contributed by atoms with van der Waals surface area (Å²) in [6, 6.07) is 7.94. The summed E-state index contributed by atoms with van der Waals surface area (Å²) in [6.07, 6.45) is 3.21. The van der Waals surface area contributed by atoms with Crippen LogP contribution < -0.4 is 5.32 Å². The zero-order valence-electron chi connectivity index (χ0n) is 17.4. The average Bonchev–Trinajstić information content (AvgIpc) is 3.44. The highest BCUT2D eigenvalue weighted by Gasteiger charge is 2.37. The second-order valence-corrected chi connectivity index (χ2v) is 10.6. The maximum Gasteiger partial charge on any atom is 0.261 e. The second kappa shape index (κ2) is 8.13. The molecule has 7 nitrogen and oxygen atoms in total. The van der Waals surface area contributed by atoms with E-state index in [4.69, 9.17) is 0 Å². The monoisotopic (exact) mass is 446 g/mol. The van der Waals surface area contributed by atoms with E-state index in [0.717, 1.165) is 22.1 Å². The third-order valence-electron chi connectivity index (χ3n) is 5.60. The molecule has 0 bridgehead atoms. The number of sulfonamides is 1. The van der Waals surface area contributed by atoms with Gasteiger partial charge in [-0.15, -0.1) is 11.3 Å². The van der Waals surface area contributed by atoms with E-state index in [-0.39, 0.29) is 16.7 Å². The number of hydrogen-bond acceptors (Lipinski definition) is 5. The minimum absolute atomic E-state index is 0.0192. The number of nitrogens with one attached hydrogen (secondary N) is 1. The Balaban J connectivity index is 1.68. The number of rotatable bonds is 6. The van der Waals surface area contributed by atoms with Gasteiger partial charge in [-0.25, -0.2) is 8.42 Å². The Bertz CT molecular complexity index is 1200. The Kier molecular flexibility index (Phi) is 5.69. The van der Waals surface area contributed by atoms with Gasteiger partial charge in [0.2, 0.25) is 10.0 Å². The normalized spacial score (nSPS) is 17.6. The Morgan fingerprint density at radius 2 is 2.10 bits per heavy atom. The number of carbonyl (C=O) groups is 1. The largest absolute Gasteiger partial charge is 0.354 e. The molecule has 0 spiro atoms. The predicted octanol–water partition coefficient (Wildman–Crippen LogP) is 3.35. The SMILES string of the molecule is CCCn1cc(S(=O)(=O)N2CC[C@H](c3c(C(=O)NC)sc4ccccc34)C2)c(C)n1. The highest BCUT2D eigenvalue weighted by molar-refractivity contribution is 7.89. The molecule has 0 aliphatic carbocycles. The van der Waals surface area contributed by atoms with Gasteiger partial charge in [0.1, 0.15) is 4.90 Å². The van der Waals surface area contributed by atoms with Crippen LogP contribution in [0.2, 0.25) is 0 Å². The number of fused-ring (bicyclic) bond motifs is 1. The first-order valence-electron chi connectivity index (χ1n) is 10.1. The number of amides is 1. The van der Waals surface area contributed by atoms with Gasteiger partial charge in [0.15, 0.2) is 0 Å². The van der Waals surface area contributed by atoms with E-state index in [1.54, 1.807) is 24.9 Å². The molecule has 1 saturated heterocycles. The number of aryl methyl sites for hydroxylation is 2. The number of thiophene rings is 1. The van der Waals surface area contributed by atoms with Gasteiger partial charge >= 0.3 is 0 Å². The lowest BCUT2D eigenvalue weighted by Crippen LogP contribution is -2.29. The fraction of sp³-hybridized carbons (Fsp3) is 0.429. The zero-order chi connectivity index (χ0) is 21.5. The number of aromatic nitrogens is 2. The first kappa shape index (κ1) is 21.0. The van der Waals surface area contributed by atoms with Crippen molar-refractivity contribution in [1.29, 1.82) is 0 Å². The van der Waals surface area contributed by atoms with E-state index < -0.39 is 10.0 Å². The molecular formula is C21H26N4O3S2. The fourth-order valence-corrected chi connectivity index (χ4v) is 7.08. The van der Waals surface area contributed by atoms with Crippen molar-refractivity contribution in [2.75, 3.05) is 20.1 Å². The van der Waals surface area contributed by atoms with Gasteiger partial charge in [-0.3, -0.25) is 9.48 Å². The molecule has 1 atom stereocenters. The first-order chi connectivity index (χ1) is 14.4. The highest BCUT2D eigenvalue weighted by atomic mass is 32.2. The third kappa shape index (κ3) is 3.55. The summed E-state index contributed by atoms with van der Waals surface area (Å²) >= 11 is 1.47. The number of benzene rings is 1. The molecule has 1 N–H and O–H groups in total. The molecule has 3 aromatic rings. The minimum atomic E-state index is -3.63. The Morgan fingerprint density at radius 1 is 1.33 bits per heavy atom. The van der Waals surface area contributed by atoms with Gasteiger partial charge in [-0.05, 0) is 36.8 Å². The second-order valence-electron chi connectivity index (χ2n) is 7.61. The van der Waals surface area contributed by atoms with Crippen LogP contribution in [0.1, 0.15) is 46.6 Å². The molecule has 4 rings (SSSR count). The topological polar surface area (TPSA) is 84.3 Å². The lowest BCUT2D eigenvalue weighted by atomic mass is 9.95. The van der Waals surface area contributed by atoms with E-state index in [0.29, 0.717) is 36.6 Å². The first-order valence-corrected chi connectivity index (χ1v) is 12.4. The van der Waals surface area contributed by atoms with E-state index in [2.05, 4.69) is 10.4 Å². The van der Waals surface area contributed by atoms with E-state index >= 15 is 0 Å². The fourth-order valence-electron chi connectivity index (χ4n) is 4.17. The molecule has 160 valence electrons. The minimum Gasteiger partial charge on any atom is -0.354 e. The Hall–Kier alpha value is -2.23. The molecule has 1 fully saturated rings. The van der Waals surface area contributed by atoms with E-state index in [9.17, 15) is 13.2 Å². The van der Waals surface area contributed by atoms with Crippen LogP contribution in [0.5, 0.6) is 0 Å². The lowest BCUT2D eigenvalue weighted by Gasteiger charge is -2.16. The van der Waals surface area contributed by atoms with Crippen LogP contribution in [-0.2, 0) is 16.6 Å². The molecule has 30 heavy (non-hydrogen) atoms. The van der Waals surface area contributed by atoms with Crippen LogP contribution in [0.4, 0.5) is 0 Å². The van der Waals surface area contributed by atoms with Gasteiger partial charge in [-0.1, -0.05) is 25.1 Å². The third-order valence-corrected chi connectivity index (χ3v) is 8.75. The van der Waals surface area contributed by atoms with E-state index in [1.807, 2.05) is 31.2 Å². The van der Waals surface area contributed by atoms with Crippen LogP contribution in [0.25, 0.3) is 10.1 Å². The number of carbonyl (C=O) groups excluding carboxylic acids is 1. The van der Waals surface area contributed by atoms with Gasteiger partial charge in [-0.2, -0.15) is 9.40 Å². The molecule has 9 heteroatoms. The maximum absolute atomic E-state index is 13.3. The Labute approximate surface area is 180 Å². The zero-order valence-corrected chi connectivity index (χ0v) is 19.0. The van der Waals surface area contributed by atoms with Gasteiger partial charge in [0, 0.05) is 43.5 Å². The summed E-state index contributed by atoms with van der Waals surface area (Å²) in [5.74, 6) is -0.140. The maximum atomic E-state index is 13.3. The summed E-state index contributed by atoms with van der Waals surface area (Å²) < 4.78 is 30.9. The van der Waals surface area contributed by atoms with Crippen LogP contribution in [0.15, 0.2) is 35.4 Å². The molecule has 0 saturated carbocycles. The van der Waals surface area contributed by atoms with Crippen molar-refractivity contribution in [3.05, 3.63) is 46.6 Å². The molecule has 1 aliphatic heterocycles. The standard InChI is InChI=1S/C21H26N4O3S2/c1-4-10-24-13-18(14(2)23-24)30(27,28)25-11-9-15(12-25)19-16-7-5-6-8-17(16)29-20(19)21(26)22-3/h5-8,13,15H,4,9-12H2,1-3H3,(H,22,26)/t15-/m0/s1. The summed E-state index contributed by atoms with van der Waals surface area (Å²) in [5, 5.41) is 8.12. The molecule has 0 unspecified atom stereocenters. The van der Waals surface area contributed by atoms with Crippen molar-refractivity contribution in [1.82, 2.24) is 19.4 Å².